The number of aliphatic hydroxyl groups is 1. The highest BCUT2D eigenvalue weighted by atomic mass is 16.3. The van der Waals surface area contributed by atoms with Gasteiger partial charge in [0.2, 0.25) is 0 Å². The van der Waals surface area contributed by atoms with E-state index < -0.39 is 0 Å². The summed E-state index contributed by atoms with van der Waals surface area (Å²) in [6.07, 6.45) is 5.61. The first-order chi connectivity index (χ1) is 7.85. The summed E-state index contributed by atoms with van der Waals surface area (Å²) in [6.45, 7) is 0.128. The van der Waals surface area contributed by atoms with E-state index in [-0.39, 0.29) is 12.3 Å². The maximum absolute atomic E-state index is 8.81. The fraction of sp³-hybridized carbons (Fsp3) is 0.417. The van der Waals surface area contributed by atoms with Gasteiger partial charge in [-0.25, -0.2) is 0 Å². The normalized spacial score (nSPS) is 15.3. The molecule has 1 aromatic rings. The summed E-state index contributed by atoms with van der Waals surface area (Å²) in [4.78, 5) is 3.98. The van der Waals surface area contributed by atoms with E-state index in [1.54, 1.807) is 12.4 Å². The van der Waals surface area contributed by atoms with Crippen molar-refractivity contribution < 1.29 is 5.11 Å². The highest BCUT2D eigenvalue weighted by Gasteiger charge is 2.38. The lowest BCUT2D eigenvalue weighted by atomic mass is 10.1. The van der Waals surface area contributed by atoms with E-state index in [2.05, 4.69) is 27.1 Å². The Morgan fingerprint density at radius 1 is 1.31 bits per heavy atom. The second kappa shape index (κ2) is 4.86. The number of hydrogen-bond donors (Lipinski definition) is 1. The van der Waals surface area contributed by atoms with Gasteiger partial charge in [0.1, 0.15) is 0 Å². The van der Waals surface area contributed by atoms with Crippen molar-refractivity contribution >= 4 is 0 Å². The van der Waals surface area contributed by atoms with Crippen molar-refractivity contribution in [2.24, 2.45) is 10.2 Å². The summed E-state index contributed by atoms with van der Waals surface area (Å²) in [5.74, 6) is 6.09. The van der Waals surface area contributed by atoms with E-state index in [9.17, 15) is 0 Å². The Morgan fingerprint density at radius 3 is 2.81 bits per heavy atom. The maximum atomic E-state index is 8.81. The number of pyridine rings is 1. The van der Waals surface area contributed by atoms with E-state index >= 15 is 0 Å². The minimum absolute atomic E-state index is 0.128. The number of aliphatic hydroxyl groups excluding tert-OH is 1. The molecule has 0 spiro atoms. The SMILES string of the molecule is OCCC1(CCC#Cc2cccnc2)N=N1. The van der Waals surface area contributed by atoms with E-state index in [0.717, 1.165) is 18.4 Å². The molecule has 0 aliphatic carbocycles. The third-order valence-electron chi connectivity index (χ3n) is 2.44. The van der Waals surface area contributed by atoms with Gasteiger partial charge in [-0.3, -0.25) is 4.98 Å². The molecule has 0 saturated carbocycles. The molecular weight excluding hydrogens is 202 g/mol. The molecule has 0 saturated heterocycles. The lowest BCUT2D eigenvalue weighted by molar-refractivity contribution is 0.262. The Bertz CT molecular complexity index is 425. The third kappa shape index (κ3) is 2.88. The van der Waals surface area contributed by atoms with Crippen molar-refractivity contribution in [2.75, 3.05) is 6.61 Å². The largest absolute Gasteiger partial charge is 0.396 e. The predicted molar refractivity (Wildman–Crippen MR) is 59.6 cm³/mol. The van der Waals surface area contributed by atoms with Crippen molar-refractivity contribution in [3.63, 3.8) is 0 Å². The average molecular weight is 215 g/mol. The number of rotatable bonds is 4. The van der Waals surface area contributed by atoms with E-state index in [4.69, 9.17) is 5.11 Å². The molecule has 2 rings (SSSR count). The number of nitrogens with zero attached hydrogens (tertiary/aromatic N) is 3. The molecule has 0 radical (unpaired) electrons. The van der Waals surface area contributed by atoms with Crippen molar-refractivity contribution in [1.82, 2.24) is 4.98 Å². The van der Waals surface area contributed by atoms with Crippen LogP contribution >= 0.6 is 0 Å². The van der Waals surface area contributed by atoms with Crippen LogP contribution in [0, 0.1) is 11.8 Å². The molecule has 2 heterocycles. The molecule has 0 amide bonds. The number of hydrogen-bond acceptors (Lipinski definition) is 4. The first-order valence-corrected chi connectivity index (χ1v) is 5.28. The molecular formula is C12H13N3O. The molecule has 0 atom stereocenters. The second-order valence-electron chi connectivity index (χ2n) is 3.70. The summed E-state index contributed by atoms with van der Waals surface area (Å²) < 4.78 is 0. The minimum atomic E-state index is -0.321. The molecule has 0 unspecified atom stereocenters. The molecule has 4 nitrogen and oxygen atoms in total. The minimum Gasteiger partial charge on any atom is -0.396 e. The quantitative estimate of drug-likeness (QED) is 0.778. The molecule has 0 aromatic carbocycles. The van der Waals surface area contributed by atoms with Crippen LogP contribution in [0.4, 0.5) is 0 Å². The van der Waals surface area contributed by atoms with Crippen molar-refractivity contribution in [3.8, 4) is 11.8 Å². The molecule has 1 aliphatic rings. The Morgan fingerprint density at radius 2 is 2.19 bits per heavy atom. The average Bonchev–Trinajstić information content (AvgIpc) is 3.07. The smallest absolute Gasteiger partial charge is 0.194 e. The standard InChI is InChI=1S/C12H13N3O/c16-9-7-12(14-15-12)6-2-1-4-11-5-3-8-13-10-11/h3,5,8,10,16H,2,6-7,9H2. The topological polar surface area (TPSA) is 57.8 Å². The van der Waals surface area contributed by atoms with Crippen LogP contribution in [0.5, 0.6) is 0 Å². The van der Waals surface area contributed by atoms with Crippen LogP contribution in [0.25, 0.3) is 0 Å². The van der Waals surface area contributed by atoms with Gasteiger partial charge < -0.3 is 5.11 Å². The Balaban J connectivity index is 1.79. The molecule has 1 N–H and O–H groups in total. The summed E-state index contributed by atoms with van der Waals surface area (Å²) in [7, 11) is 0. The lowest BCUT2D eigenvalue weighted by Gasteiger charge is -2.04. The van der Waals surface area contributed by atoms with E-state index in [1.165, 1.54) is 0 Å². The van der Waals surface area contributed by atoms with E-state index in [1.807, 2.05) is 12.1 Å². The van der Waals surface area contributed by atoms with Gasteiger partial charge in [0.25, 0.3) is 0 Å². The molecule has 0 fully saturated rings. The lowest BCUT2D eigenvalue weighted by Crippen LogP contribution is -2.12. The van der Waals surface area contributed by atoms with Gasteiger partial charge >= 0.3 is 0 Å². The summed E-state index contributed by atoms with van der Waals surface area (Å²) in [5.41, 5.74) is 0.599. The fourth-order valence-electron chi connectivity index (χ4n) is 1.44. The van der Waals surface area contributed by atoms with Gasteiger partial charge in [-0.1, -0.05) is 11.8 Å². The van der Waals surface area contributed by atoms with Crippen LogP contribution in [-0.4, -0.2) is 22.4 Å². The summed E-state index contributed by atoms with van der Waals surface area (Å²) in [5, 5.41) is 16.7. The number of aromatic nitrogens is 1. The van der Waals surface area contributed by atoms with Gasteiger partial charge in [-0.2, -0.15) is 10.2 Å². The summed E-state index contributed by atoms with van der Waals surface area (Å²) in [6, 6.07) is 3.79. The molecule has 1 aromatic heterocycles. The second-order valence-corrected chi connectivity index (χ2v) is 3.70. The molecule has 4 heteroatoms. The predicted octanol–water partition coefficient (Wildman–Crippen LogP) is 1.76. The summed E-state index contributed by atoms with van der Waals surface area (Å²) >= 11 is 0. The molecule has 0 bridgehead atoms. The van der Waals surface area contributed by atoms with Crippen LogP contribution in [0.2, 0.25) is 0 Å². The first kappa shape index (κ1) is 10.8. The Kier molecular flexibility index (Phi) is 3.28. The van der Waals surface area contributed by atoms with Crippen molar-refractivity contribution in [1.29, 1.82) is 0 Å². The monoisotopic (exact) mass is 215 g/mol. The van der Waals surface area contributed by atoms with Crippen LogP contribution in [0.1, 0.15) is 24.8 Å². The zero-order valence-electron chi connectivity index (χ0n) is 8.93. The van der Waals surface area contributed by atoms with Gasteiger partial charge in [-0.15, -0.1) is 0 Å². The molecule has 1 aliphatic heterocycles. The Hall–Kier alpha value is -1.73. The van der Waals surface area contributed by atoms with Gasteiger partial charge in [0, 0.05) is 43.8 Å². The van der Waals surface area contributed by atoms with Gasteiger partial charge in [0.15, 0.2) is 5.66 Å². The maximum Gasteiger partial charge on any atom is 0.194 e. The van der Waals surface area contributed by atoms with Crippen LogP contribution < -0.4 is 0 Å². The highest BCUT2D eigenvalue weighted by Crippen LogP contribution is 2.35. The van der Waals surface area contributed by atoms with E-state index in [0.29, 0.717) is 6.42 Å². The van der Waals surface area contributed by atoms with Gasteiger partial charge in [0.05, 0.1) is 0 Å². The Labute approximate surface area is 94.4 Å². The zero-order valence-corrected chi connectivity index (χ0v) is 8.93. The van der Waals surface area contributed by atoms with Crippen molar-refractivity contribution in [3.05, 3.63) is 30.1 Å². The highest BCUT2D eigenvalue weighted by molar-refractivity contribution is 5.31. The van der Waals surface area contributed by atoms with Crippen molar-refractivity contribution in [2.45, 2.75) is 24.9 Å². The molecule has 16 heavy (non-hydrogen) atoms. The van der Waals surface area contributed by atoms with Crippen LogP contribution in [0.15, 0.2) is 34.8 Å². The zero-order chi connectivity index (χ0) is 11.3. The van der Waals surface area contributed by atoms with Crippen LogP contribution in [0.3, 0.4) is 0 Å². The van der Waals surface area contributed by atoms with Crippen LogP contribution in [-0.2, 0) is 0 Å². The first-order valence-electron chi connectivity index (χ1n) is 5.28. The molecule has 82 valence electrons. The fourth-order valence-corrected chi connectivity index (χ4v) is 1.44. The third-order valence-corrected chi connectivity index (χ3v) is 2.44. The van der Waals surface area contributed by atoms with Gasteiger partial charge in [-0.05, 0) is 12.1 Å².